The number of carbonyl (C=O) groups excluding carboxylic acids is 1. The summed E-state index contributed by atoms with van der Waals surface area (Å²) in [6.07, 6.45) is 2.76. The van der Waals surface area contributed by atoms with Crippen LogP contribution < -0.4 is 10.9 Å². The zero-order valence-electron chi connectivity index (χ0n) is 18.5. The van der Waals surface area contributed by atoms with Gasteiger partial charge in [-0.1, -0.05) is 18.2 Å². The number of fused-ring (bicyclic) bond motifs is 1. The van der Waals surface area contributed by atoms with Gasteiger partial charge in [0, 0.05) is 35.9 Å². The molecule has 4 rings (SSSR count). The van der Waals surface area contributed by atoms with Crippen LogP contribution in [-0.2, 0) is 13.1 Å². The lowest BCUT2D eigenvalue weighted by Crippen LogP contribution is -2.28. The molecule has 0 atom stereocenters. The van der Waals surface area contributed by atoms with Crippen molar-refractivity contribution >= 4 is 28.3 Å². The smallest absolute Gasteiger partial charge is 0.273 e. The van der Waals surface area contributed by atoms with Gasteiger partial charge in [-0.25, -0.2) is 9.67 Å². The Morgan fingerprint density at radius 1 is 1.09 bits per heavy atom. The molecule has 0 radical (unpaired) electrons. The van der Waals surface area contributed by atoms with Crippen LogP contribution in [0.1, 0.15) is 21.5 Å². The Kier molecular flexibility index (Phi) is 6.31. The molecule has 13 heteroatoms. The molecule has 2 heterocycles. The van der Waals surface area contributed by atoms with Crippen molar-refractivity contribution in [3.63, 3.8) is 0 Å². The summed E-state index contributed by atoms with van der Waals surface area (Å²) in [7, 11) is 0. The van der Waals surface area contributed by atoms with E-state index in [2.05, 4.69) is 15.4 Å². The number of aromatic nitrogens is 4. The van der Waals surface area contributed by atoms with E-state index in [0.29, 0.717) is 16.8 Å². The Morgan fingerprint density at radius 3 is 2.51 bits per heavy atom. The fourth-order valence-corrected chi connectivity index (χ4v) is 3.52. The number of rotatable bonds is 8. The van der Waals surface area contributed by atoms with E-state index in [1.807, 2.05) is 0 Å². The molecular weight excluding hydrogens is 458 g/mol. The second kappa shape index (κ2) is 9.51. The lowest BCUT2D eigenvalue weighted by atomic mass is 10.1. The monoisotopic (exact) mass is 477 g/mol. The topological polar surface area (TPSA) is 168 Å². The highest BCUT2D eigenvalue weighted by Gasteiger charge is 2.15. The number of hydrogen-bond acceptors (Lipinski definition) is 8. The van der Waals surface area contributed by atoms with Gasteiger partial charge < -0.3 is 5.32 Å². The summed E-state index contributed by atoms with van der Waals surface area (Å²) in [5.74, 6) is -0.469. The summed E-state index contributed by atoms with van der Waals surface area (Å²) in [5.41, 5.74) is 1.17. The normalized spacial score (nSPS) is 10.9. The van der Waals surface area contributed by atoms with Gasteiger partial charge in [-0.2, -0.15) is 5.10 Å². The van der Waals surface area contributed by atoms with Crippen LogP contribution in [0, 0.1) is 27.2 Å². The first-order chi connectivity index (χ1) is 16.7. The van der Waals surface area contributed by atoms with Crippen LogP contribution in [0.5, 0.6) is 0 Å². The molecule has 0 saturated carbocycles. The van der Waals surface area contributed by atoms with E-state index >= 15 is 0 Å². The van der Waals surface area contributed by atoms with Gasteiger partial charge in [-0.3, -0.25) is 34.4 Å². The van der Waals surface area contributed by atoms with E-state index in [4.69, 9.17) is 0 Å². The van der Waals surface area contributed by atoms with Crippen molar-refractivity contribution in [2.75, 3.05) is 6.54 Å². The van der Waals surface area contributed by atoms with Gasteiger partial charge in [-0.05, 0) is 18.6 Å². The molecule has 0 fully saturated rings. The molecule has 1 N–H and O–H groups in total. The molecular formula is C22H19N7O6. The molecule has 0 spiro atoms. The van der Waals surface area contributed by atoms with Crippen molar-refractivity contribution in [2.24, 2.45) is 0 Å². The van der Waals surface area contributed by atoms with Crippen LogP contribution in [0.4, 0.5) is 11.4 Å². The lowest BCUT2D eigenvalue weighted by Gasteiger charge is -2.08. The standard InChI is InChI=1S/C22H19N7O6/c1-14-2-5-16(10-19(14)29(34)35)21(30)23-8-9-27-20-18(11-25-27)22(31)26(13-24-20)12-15-3-6-17(7-4-15)28(32)33/h2-7,10-11,13H,8-9,12H2,1H3,(H,23,30). The third-order valence-corrected chi connectivity index (χ3v) is 5.40. The van der Waals surface area contributed by atoms with E-state index < -0.39 is 15.8 Å². The number of nitrogens with one attached hydrogen (secondary N) is 1. The molecule has 0 aliphatic carbocycles. The van der Waals surface area contributed by atoms with Gasteiger partial charge in [-0.15, -0.1) is 0 Å². The van der Waals surface area contributed by atoms with Crippen molar-refractivity contribution in [3.8, 4) is 0 Å². The van der Waals surface area contributed by atoms with Gasteiger partial charge in [0.2, 0.25) is 0 Å². The van der Waals surface area contributed by atoms with Crippen LogP contribution in [0.2, 0.25) is 0 Å². The number of carbonyl (C=O) groups is 1. The molecule has 35 heavy (non-hydrogen) atoms. The Balaban J connectivity index is 1.44. The fraction of sp³-hybridized carbons (Fsp3) is 0.182. The number of amides is 1. The molecule has 1 amide bonds. The van der Waals surface area contributed by atoms with E-state index in [1.165, 1.54) is 52.1 Å². The van der Waals surface area contributed by atoms with Crippen LogP contribution in [-0.4, -0.2) is 41.6 Å². The summed E-state index contributed by atoms with van der Waals surface area (Å²) in [6, 6.07) is 10.1. The van der Waals surface area contributed by atoms with E-state index in [-0.39, 0.29) is 47.5 Å². The van der Waals surface area contributed by atoms with Crippen LogP contribution in [0.3, 0.4) is 0 Å². The highest BCUT2D eigenvalue weighted by molar-refractivity contribution is 5.95. The molecule has 0 unspecified atom stereocenters. The van der Waals surface area contributed by atoms with Crippen molar-refractivity contribution in [1.82, 2.24) is 24.6 Å². The maximum atomic E-state index is 12.8. The average Bonchev–Trinajstić information content (AvgIpc) is 3.25. The first-order valence-corrected chi connectivity index (χ1v) is 10.4. The predicted molar refractivity (Wildman–Crippen MR) is 124 cm³/mol. The largest absolute Gasteiger partial charge is 0.350 e. The molecule has 2 aromatic heterocycles. The van der Waals surface area contributed by atoms with Gasteiger partial charge in [0.25, 0.3) is 22.8 Å². The van der Waals surface area contributed by atoms with Crippen LogP contribution >= 0.6 is 0 Å². The van der Waals surface area contributed by atoms with Crippen LogP contribution in [0.15, 0.2) is 59.8 Å². The summed E-state index contributed by atoms with van der Waals surface area (Å²) < 4.78 is 2.85. The number of benzene rings is 2. The summed E-state index contributed by atoms with van der Waals surface area (Å²) in [4.78, 5) is 50.4. The maximum absolute atomic E-state index is 12.8. The minimum Gasteiger partial charge on any atom is -0.350 e. The van der Waals surface area contributed by atoms with E-state index in [9.17, 15) is 29.8 Å². The van der Waals surface area contributed by atoms with E-state index in [0.717, 1.165) is 0 Å². The lowest BCUT2D eigenvalue weighted by molar-refractivity contribution is -0.385. The quantitative estimate of drug-likeness (QED) is 0.297. The Hall–Kier alpha value is -4.94. The minimum absolute atomic E-state index is 0.0383. The van der Waals surface area contributed by atoms with Crippen molar-refractivity contribution in [2.45, 2.75) is 20.0 Å². The second-order valence-electron chi connectivity index (χ2n) is 7.72. The molecule has 0 aliphatic rings. The number of nitrogens with zero attached hydrogens (tertiary/aromatic N) is 6. The van der Waals surface area contributed by atoms with E-state index in [1.54, 1.807) is 19.1 Å². The average molecular weight is 477 g/mol. The molecule has 4 aromatic rings. The number of nitro groups is 2. The second-order valence-corrected chi connectivity index (χ2v) is 7.72. The number of nitro benzene ring substituents is 2. The SMILES string of the molecule is Cc1ccc(C(=O)NCCn2ncc3c(=O)n(Cc4ccc([N+](=O)[O-])cc4)cnc32)cc1[N+](=O)[O-]. The van der Waals surface area contributed by atoms with Gasteiger partial charge in [0.1, 0.15) is 11.7 Å². The van der Waals surface area contributed by atoms with Crippen molar-refractivity contribution in [3.05, 3.63) is 102 Å². The molecule has 178 valence electrons. The molecule has 13 nitrogen and oxygen atoms in total. The third-order valence-electron chi connectivity index (χ3n) is 5.40. The zero-order chi connectivity index (χ0) is 25.1. The zero-order valence-corrected chi connectivity index (χ0v) is 18.5. The number of hydrogen-bond donors (Lipinski definition) is 1. The predicted octanol–water partition coefficient (Wildman–Crippen LogP) is 2.20. The third kappa shape index (κ3) is 4.88. The minimum atomic E-state index is -0.540. The summed E-state index contributed by atoms with van der Waals surface area (Å²) in [5, 5.41) is 29.0. The van der Waals surface area contributed by atoms with Gasteiger partial charge in [0.05, 0.1) is 29.1 Å². The van der Waals surface area contributed by atoms with Crippen molar-refractivity contribution < 1.29 is 14.6 Å². The fourth-order valence-electron chi connectivity index (χ4n) is 3.52. The molecule has 2 aromatic carbocycles. The van der Waals surface area contributed by atoms with Gasteiger partial charge >= 0.3 is 0 Å². The van der Waals surface area contributed by atoms with Crippen LogP contribution in [0.25, 0.3) is 11.0 Å². The number of aryl methyl sites for hydroxylation is 1. The molecule has 0 saturated heterocycles. The number of non-ortho nitro benzene ring substituents is 1. The molecule has 0 aliphatic heterocycles. The van der Waals surface area contributed by atoms with Gasteiger partial charge in [0.15, 0.2) is 5.65 Å². The van der Waals surface area contributed by atoms with Crippen molar-refractivity contribution in [1.29, 1.82) is 0 Å². The Morgan fingerprint density at radius 2 is 1.83 bits per heavy atom. The maximum Gasteiger partial charge on any atom is 0.273 e. The summed E-state index contributed by atoms with van der Waals surface area (Å²) in [6.45, 7) is 2.16. The highest BCUT2D eigenvalue weighted by atomic mass is 16.6. The first-order valence-electron chi connectivity index (χ1n) is 10.4. The Bertz CT molecular complexity index is 1510. The molecule has 0 bridgehead atoms. The Labute approximate surface area is 196 Å². The first kappa shape index (κ1) is 23.2. The highest BCUT2D eigenvalue weighted by Crippen LogP contribution is 2.19. The summed E-state index contributed by atoms with van der Waals surface area (Å²) >= 11 is 0.